The zero-order valence-electron chi connectivity index (χ0n) is 23.3. The van der Waals surface area contributed by atoms with E-state index in [1.807, 2.05) is 32.9 Å². The third-order valence-electron chi connectivity index (χ3n) is 6.93. The van der Waals surface area contributed by atoms with Crippen molar-refractivity contribution < 1.29 is 25.2 Å². The van der Waals surface area contributed by atoms with E-state index in [4.69, 9.17) is 0 Å². The zero-order chi connectivity index (χ0) is 27.3. The third-order valence-corrected chi connectivity index (χ3v) is 6.93. The van der Waals surface area contributed by atoms with Crippen LogP contribution >= 0.6 is 0 Å². The lowest BCUT2D eigenvalue weighted by molar-refractivity contribution is -0.0910. The summed E-state index contributed by atoms with van der Waals surface area (Å²) in [4.78, 5) is 12.1. The first-order valence-corrected chi connectivity index (χ1v) is 13.5. The Balaban J connectivity index is 3.27. The summed E-state index contributed by atoms with van der Waals surface area (Å²) >= 11 is 0. The molecule has 0 spiro atoms. The maximum absolute atomic E-state index is 12.1. The second-order valence-electron chi connectivity index (χ2n) is 10.2. The van der Waals surface area contributed by atoms with Gasteiger partial charge in [0.2, 0.25) is 0 Å². The summed E-state index contributed by atoms with van der Waals surface area (Å²) in [5, 5.41) is 41.1. The van der Waals surface area contributed by atoms with Crippen LogP contribution in [0.3, 0.4) is 0 Å². The molecule has 0 saturated carbocycles. The van der Waals surface area contributed by atoms with Crippen LogP contribution in [0, 0.1) is 5.92 Å². The molecule has 1 heterocycles. The molecule has 0 aliphatic carbocycles. The van der Waals surface area contributed by atoms with E-state index in [1.165, 1.54) is 50.8 Å². The Labute approximate surface area is 218 Å². The lowest BCUT2D eigenvalue weighted by atomic mass is 9.90. The Morgan fingerprint density at radius 1 is 1.06 bits per heavy atom. The first kappa shape index (κ1) is 31.9. The molecule has 0 fully saturated rings. The maximum atomic E-state index is 12.1. The number of aromatic carboxylic acids is 1. The minimum absolute atomic E-state index is 0.0131. The lowest BCUT2D eigenvalue weighted by Crippen LogP contribution is -2.26. The second-order valence-corrected chi connectivity index (χ2v) is 10.2. The van der Waals surface area contributed by atoms with Crippen LogP contribution in [0.15, 0.2) is 41.8 Å². The van der Waals surface area contributed by atoms with Crippen molar-refractivity contribution in [1.29, 1.82) is 0 Å². The summed E-state index contributed by atoms with van der Waals surface area (Å²) in [6.07, 6.45) is 18.5. The Hall–Kier alpha value is -2.15. The van der Waals surface area contributed by atoms with Gasteiger partial charge < -0.3 is 25.0 Å². The van der Waals surface area contributed by atoms with Crippen LogP contribution in [0.5, 0.6) is 0 Å². The van der Waals surface area contributed by atoms with E-state index in [-0.39, 0.29) is 35.3 Å². The van der Waals surface area contributed by atoms with Gasteiger partial charge in [0, 0.05) is 23.5 Å². The summed E-state index contributed by atoms with van der Waals surface area (Å²) in [6.45, 7) is 11.4. The van der Waals surface area contributed by atoms with Crippen molar-refractivity contribution in [2.45, 2.75) is 111 Å². The number of allylic oxidation sites excluding steroid dienone is 5. The van der Waals surface area contributed by atoms with E-state index in [0.29, 0.717) is 6.42 Å². The van der Waals surface area contributed by atoms with Crippen molar-refractivity contribution in [3.63, 3.8) is 0 Å². The molecule has 0 aromatic carbocycles. The summed E-state index contributed by atoms with van der Waals surface area (Å²) in [7, 11) is 0. The topological polar surface area (TPSA) is 103 Å². The first-order valence-electron chi connectivity index (χ1n) is 13.5. The predicted molar refractivity (Wildman–Crippen MR) is 148 cm³/mol. The van der Waals surface area contributed by atoms with Gasteiger partial charge in [-0.25, -0.2) is 4.79 Å². The quantitative estimate of drug-likeness (QED) is 0.105. The Bertz CT molecular complexity index is 901. The number of aliphatic hydroxyl groups is 3. The van der Waals surface area contributed by atoms with Crippen molar-refractivity contribution in [2.24, 2.45) is 5.92 Å². The van der Waals surface area contributed by atoms with Crippen molar-refractivity contribution >= 4 is 11.5 Å². The fourth-order valence-electron chi connectivity index (χ4n) is 4.38. The minimum Gasteiger partial charge on any atom is -0.478 e. The molecule has 6 nitrogen and oxygen atoms in total. The molecule has 1 rings (SSSR count). The molecule has 2 unspecified atom stereocenters. The third kappa shape index (κ3) is 10.5. The number of carboxylic acid groups (broad SMARTS) is 1. The molecular weight excluding hydrogens is 454 g/mol. The number of hydrogen-bond donors (Lipinski definition) is 4. The standard InChI is InChI=1S/C30H49NO5/c1-7-10-11-12-13-14-23(5)15-16-24(9-3)18-28(30(6,35)36)26-19-31(20-27(26)29(33)34)25(21-32)17-22(4)8-2/h8,15,18-20,24-25,32,35-36H,7,9-14,16-17,21H2,1-6H3,(H,33,34)/b22-8+,23-15+,28-18+. The summed E-state index contributed by atoms with van der Waals surface area (Å²) in [6, 6.07) is -0.345. The summed E-state index contributed by atoms with van der Waals surface area (Å²) in [5.41, 5.74) is 2.83. The smallest absolute Gasteiger partial charge is 0.337 e. The number of carboxylic acids is 1. The molecule has 36 heavy (non-hydrogen) atoms. The number of unbranched alkanes of at least 4 members (excludes halogenated alkanes) is 4. The molecule has 0 bridgehead atoms. The van der Waals surface area contributed by atoms with E-state index in [1.54, 1.807) is 10.8 Å². The van der Waals surface area contributed by atoms with Crippen LogP contribution in [-0.2, 0) is 0 Å². The van der Waals surface area contributed by atoms with Crippen molar-refractivity contribution in [2.75, 3.05) is 6.61 Å². The number of aromatic nitrogens is 1. The number of nitrogens with zero attached hydrogens (tertiary/aromatic N) is 1. The van der Waals surface area contributed by atoms with Crippen LogP contribution in [0.25, 0.3) is 5.57 Å². The Morgan fingerprint density at radius 3 is 2.22 bits per heavy atom. The zero-order valence-corrected chi connectivity index (χ0v) is 23.3. The van der Waals surface area contributed by atoms with Gasteiger partial charge in [0.15, 0.2) is 5.79 Å². The van der Waals surface area contributed by atoms with Crippen LogP contribution in [0.1, 0.15) is 121 Å². The highest BCUT2D eigenvalue weighted by atomic mass is 16.5. The maximum Gasteiger partial charge on any atom is 0.337 e. The fraction of sp³-hybridized carbons (Fsp3) is 0.633. The molecule has 4 N–H and O–H groups in total. The molecule has 1 aromatic heterocycles. The number of hydrogen-bond acceptors (Lipinski definition) is 4. The van der Waals surface area contributed by atoms with Gasteiger partial charge in [0.1, 0.15) is 0 Å². The van der Waals surface area contributed by atoms with Crippen molar-refractivity contribution in [3.05, 3.63) is 52.9 Å². The SMILES string of the molecule is C/C=C(\C)CC(CO)n1cc(C(=O)O)c(/C(=C\C(CC)C/C=C(\C)CCCCCCC)C(C)(O)O)c1. The van der Waals surface area contributed by atoms with Gasteiger partial charge in [-0.15, -0.1) is 0 Å². The van der Waals surface area contributed by atoms with E-state index in [0.717, 1.165) is 24.8 Å². The molecule has 0 aliphatic heterocycles. The highest BCUT2D eigenvalue weighted by Crippen LogP contribution is 2.33. The Kier molecular flexibility index (Phi) is 14.0. The molecular formula is C30H49NO5. The molecule has 0 radical (unpaired) electrons. The highest BCUT2D eigenvalue weighted by Gasteiger charge is 2.30. The average molecular weight is 504 g/mol. The van der Waals surface area contributed by atoms with E-state index >= 15 is 0 Å². The normalized spacial score (nSPS) is 15.3. The van der Waals surface area contributed by atoms with Crippen LogP contribution < -0.4 is 0 Å². The largest absolute Gasteiger partial charge is 0.478 e. The van der Waals surface area contributed by atoms with Crippen LogP contribution in [0.2, 0.25) is 0 Å². The van der Waals surface area contributed by atoms with Crippen LogP contribution in [0.4, 0.5) is 0 Å². The van der Waals surface area contributed by atoms with Gasteiger partial charge in [-0.3, -0.25) is 0 Å². The van der Waals surface area contributed by atoms with Gasteiger partial charge in [0.25, 0.3) is 0 Å². The first-order chi connectivity index (χ1) is 17.0. The molecule has 1 aromatic rings. The minimum atomic E-state index is -2.21. The van der Waals surface area contributed by atoms with Gasteiger partial charge in [-0.2, -0.15) is 0 Å². The highest BCUT2D eigenvalue weighted by molar-refractivity contribution is 5.95. The molecule has 6 heteroatoms. The number of rotatable bonds is 17. The molecule has 0 saturated heterocycles. The van der Waals surface area contributed by atoms with Crippen LogP contribution in [-0.4, -0.2) is 43.4 Å². The molecule has 0 amide bonds. The van der Waals surface area contributed by atoms with Gasteiger partial charge in [-0.05, 0) is 65.7 Å². The molecule has 0 aliphatic rings. The van der Waals surface area contributed by atoms with E-state index in [9.17, 15) is 25.2 Å². The monoisotopic (exact) mass is 503 g/mol. The van der Waals surface area contributed by atoms with Crippen molar-refractivity contribution in [1.82, 2.24) is 4.57 Å². The van der Waals surface area contributed by atoms with Gasteiger partial charge in [-0.1, -0.05) is 68.9 Å². The summed E-state index contributed by atoms with van der Waals surface area (Å²) < 4.78 is 1.68. The van der Waals surface area contributed by atoms with E-state index < -0.39 is 11.8 Å². The fourth-order valence-corrected chi connectivity index (χ4v) is 4.38. The lowest BCUT2D eigenvalue weighted by Gasteiger charge is -2.23. The predicted octanol–water partition coefficient (Wildman–Crippen LogP) is 6.88. The number of carbonyl (C=O) groups is 1. The van der Waals surface area contributed by atoms with Crippen molar-refractivity contribution in [3.8, 4) is 0 Å². The summed E-state index contributed by atoms with van der Waals surface area (Å²) in [5.74, 6) is -3.33. The molecule has 2 atom stereocenters. The number of aliphatic hydroxyl groups excluding tert-OH is 1. The second kappa shape index (κ2) is 15.9. The molecule has 204 valence electrons. The Morgan fingerprint density at radius 2 is 1.69 bits per heavy atom. The van der Waals surface area contributed by atoms with Gasteiger partial charge in [0.05, 0.1) is 18.2 Å². The average Bonchev–Trinajstić information content (AvgIpc) is 3.26. The van der Waals surface area contributed by atoms with E-state index in [2.05, 4.69) is 19.9 Å². The van der Waals surface area contributed by atoms with Gasteiger partial charge >= 0.3 is 5.97 Å².